The molecule has 0 aliphatic carbocycles. The number of likely N-dealkylation sites (N-methyl/N-ethyl adjacent to an activating group) is 1. The lowest BCUT2D eigenvalue weighted by Gasteiger charge is -2.25. The molecule has 1 N–H and O–H groups in total. The maximum atomic E-state index is 14.0. The molecule has 0 fully saturated rings. The van der Waals surface area contributed by atoms with E-state index in [0.717, 1.165) is 23.0 Å². The van der Waals surface area contributed by atoms with E-state index in [1.807, 2.05) is 13.8 Å². The van der Waals surface area contributed by atoms with Crippen LogP contribution in [0.1, 0.15) is 28.6 Å². The number of carbonyl (C=O) groups is 1. The average molecular weight is 323 g/mol. The molecule has 23 heavy (non-hydrogen) atoms. The van der Waals surface area contributed by atoms with Gasteiger partial charge in [-0.1, -0.05) is 6.07 Å². The van der Waals surface area contributed by atoms with E-state index in [4.69, 9.17) is 0 Å². The van der Waals surface area contributed by atoms with Gasteiger partial charge in [-0.3, -0.25) is 14.4 Å². The van der Waals surface area contributed by atoms with E-state index >= 15 is 0 Å². The van der Waals surface area contributed by atoms with Crippen molar-refractivity contribution in [2.24, 2.45) is 7.05 Å². The molecular weight excluding hydrogens is 304 g/mol. The lowest BCUT2D eigenvalue weighted by Crippen LogP contribution is -2.31. The van der Waals surface area contributed by atoms with E-state index in [1.165, 1.54) is 11.0 Å². The summed E-state index contributed by atoms with van der Waals surface area (Å²) < 4.78 is 28.7. The number of hydrogen-bond donors (Lipinski definition) is 1. The van der Waals surface area contributed by atoms with Crippen LogP contribution in [0.4, 0.5) is 8.78 Å². The summed E-state index contributed by atoms with van der Waals surface area (Å²) >= 11 is 0. The number of aliphatic carboxylic acids is 1. The number of halogens is 2. The van der Waals surface area contributed by atoms with Crippen LogP contribution in [0.5, 0.6) is 0 Å². The zero-order valence-corrected chi connectivity index (χ0v) is 13.5. The second-order valence-electron chi connectivity index (χ2n) is 5.59. The molecule has 1 aromatic heterocycles. The SMILES string of the molecule is Cc1nn(C)c(C)c1CN(C)[C@H](C(=O)O)c1ccc(F)cc1F. The molecule has 7 heteroatoms. The molecule has 0 saturated carbocycles. The molecule has 0 bridgehead atoms. The van der Waals surface area contributed by atoms with E-state index in [2.05, 4.69) is 5.10 Å². The highest BCUT2D eigenvalue weighted by Crippen LogP contribution is 2.26. The number of aryl methyl sites for hydroxylation is 2. The third-order valence-corrected chi connectivity index (χ3v) is 4.00. The summed E-state index contributed by atoms with van der Waals surface area (Å²) in [7, 11) is 3.40. The van der Waals surface area contributed by atoms with Crippen molar-refractivity contribution in [1.82, 2.24) is 14.7 Å². The molecule has 0 aliphatic heterocycles. The normalized spacial score (nSPS) is 12.7. The van der Waals surface area contributed by atoms with E-state index in [1.54, 1.807) is 18.8 Å². The lowest BCUT2D eigenvalue weighted by atomic mass is 10.0. The van der Waals surface area contributed by atoms with Crippen LogP contribution in [0.2, 0.25) is 0 Å². The quantitative estimate of drug-likeness (QED) is 0.919. The Morgan fingerprint density at radius 1 is 1.39 bits per heavy atom. The van der Waals surface area contributed by atoms with Gasteiger partial charge in [0.2, 0.25) is 0 Å². The fraction of sp³-hybridized carbons (Fsp3) is 0.375. The maximum Gasteiger partial charge on any atom is 0.325 e. The van der Waals surface area contributed by atoms with E-state index < -0.39 is 23.6 Å². The molecule has 0 radical (unpaired) electrons. The third-order valence-electron chi connectivity index (χ3n) is 4.00. The van der Waals surface area contributed by atoms with Crippen LogP contribution < -0.4 is 0 Å². The van der Waals surface area contributed by atoms with Crippen molar-refractivity contribution in [1.29, 1.82) is 0 Å². The molecule has 5 nitrogen and oxygen atoms in total. The maximum absolute atomic E-state index is 14.0. The van der Waals surface area contributed by atoms with Crippen molar-refractivity contribution in [3.63, 3.8) is 0 Å². The lowest BCUT2D eigenvalue weighted by molar-refractivity contribution is -0.143. The Bertz CT molecular complexity index is 743. The topological polar surface area (TPSA) is 58.4 Å². The Morgan fingerprint density at radius 3 is 2.52 bits per heavy atom. The van der Waals surface area contributed by atoms with Gasteiger partial charge in [-0.15, -0.1) is 0 Å². The fourth-order valence-corrected chi connectivity index (χ4v) is 2.67. The minimum Gasteiger partial charge on any atom is -0.480 e. The van der Waals surface area contributed by atoms with Crippen molar-refractivity contribution < 1.29 is 18.7 Å². The fourth-order valence-electron chi connectivity index (χ4n) is 2.67. The predicted octanol–water partition coefficient (Wildman–Crippen LogP) is 2.57. The van der Waals surface area contributed by atoms with Crippen LogP contribution >= 0.6 is 0 Å². The minimum absolute atomic E-state index is 0.0689. The Balaban J connectivity index is 2.36. The smallest absolute Gasteiger partial charge is 0.325 e. The zero-order chi connectivity index (χ0) is 17.3. The Hall–Kier alpha value is -2.28. The second kappa shape index (κ2) is 6.45. The molecule has 0 unspecified atom stereocenters. The van der Waals surface area contributed by atoms with E-state index in [-0.39, 0.29) is 5.56 Å². The minimum atomic E-state index is -1.21. The molecule has 2 rings (SSSR count). The molecule has 0 amide bonds. The number of carboxylic acid groups (broad SMARTS) is 1. The van der Waals surface area contributed by atoms with Gasteiger partial charge < -0.3 is 5.11 Å². The van der Waals surface area contributed by atoms with E-state index in [0.29, 0.717) is 12.6 Å². The molecule has 1 aromatic carbocycles. The summed E-state index contributed by atoms with van der Waals surface area (Å²) in [6, 6.07) is 1.71. The molecule has 124 valence electrons. The first-order valence-electron chi connectivity index (χ1n) is 7.09. The highest BCUT2D eigenvalue weighted by atomic mass is 19.1. The highest BCUT2D eigenvalue weighted by molar-refractivity contribution is 5.75. The van der Waals surface area contributed by atoms with Gasteiger partial charge in [0, 0.05) is 36.5 Å². The number of benzene rings is 1. The van der Waals surface area contributed by atoms with Gasteiger partial charge in [0.15, 0.2) is 0 Å². The van der Waals surface area contributed by atoms with Crippen LogP contribution in [0.3, 0.4) is 0 Å². The van der Waals surface area contributed by atoms with Gasteiger partial charge in [0.05, 0.1) is 5.69 Å². The standard InChI is InChI=1S/C16H19F2N3O2/c1-9-13(10(2)21(4)19-9)8-20(3)15(16(22)23)12-6-5-11(17)7-14(12)18/h5-7,15H,8H2,1-4H3,(H,22,23)/t15-/m0/s1. The molecular formula is C16H19F2N3O2. The summed E-state index contributed by atoms with van der Waals surface area (Å²) in [5.74, 6) is -2.81. The molecule has 0 saturated heterocycles. The number of hydrogen-bond acceptors (Lipinski definition) is 3. The summed E-state index contributed by atoms with van der Waals surface area (Å²) in [6.07, 6.45) is 0. The van der Waals surface area contributed by atoms with Gasteiger partial charge in [0.1, 0.15) is 17.7 Å². The van der Waals surface area contributed by atoms with Crippen LogP contribution in [-0.2, 0) is 18.4 Å². The van der Waals surface area contributed by atoms with Crippen molar-refractivity contribution in [2.75, 3.05) is 7.05 Å². The monoisotopic (exact) mass is 323 g/mol. The molecule has 1 atom stereocenters. The van der Waals surface area contributed by atoms with Crippen LogP contribution in [0.15, 0.2) is 18.2 Å². The van der Waals surface area contributed by atoms with Gasteiger partial charge in [-0.2, -0.15) is 5.10 Å². The van der Waals surface area contributed by atoms with Gasteiger partial charge >= 0.3 is 5.97 Å². The Kier molecular flexibility index (Phi) is 4.79. The zero-order valence-electron chi connectivity index (χ0n) is 13.5. The molecule has 1 heterocycles. The summed E-state index contributed by atoms with van der Waals surface area (Å²) in [5, 5.41) is 13.8. The first kappa shape index (κ1) is 17.1. The predicted molar refractivity (Wildman–Crippen MR) is 80.9 cm³/mol. The van der Waals surface area contributed by atoms with Crippen LogP contribution in [-0.4, -0.2) is 32.8 Å². The molecule has 2 aromatic rings. The third kappa shape index (κ3) is 3.39. The van der Waals surface area contributed by atoms with Crippen molar-refractivity contribution in [3.05, 3.63) is 52.3 Å². The summed E-state index contributed by atoms with van der Waals surface area (Å²) in [4.78, 5) is 13.1. The average Bonchev–Trinajstić information content (AvgIpc) is 2.68. The first-order valence-corrected chi connectivity index (χ1v) is 7.09. The molecule has 0 spiro atoms. The van der Waals surface area contributed by atoms with Gasteiger partial charge in [0.25, 0.3) is 0 Å². The Morgan fingerprint density at radius 2 is 2.04 bits per heavy atom. The van der Waals surface area contributed by atoms with Crippen molar-refractivity contribution >= 4 is 5.97 Å². The number of nitrogens with zero attached hydrogens (tertiary/aromatic N) is 3. The Labute approximate surface area is 133 Å². The number of rotatable bonds is 5. The van der Waals surface area contributed by atoms with Crippen LogP contribution in [0.25, 0.3) is 0 Å². The van der Waals surface area contributed by atoms with Crippen LogP contribution in [0, 0.1) is 25.5 Å². The largest absolute Gasteiger partial charge is 0.480 e. The van der Waals surface area contributed by atoms with Crippen molar-refractivity contribution in [3.8, 4) is 0 Å². The summed E-state index contributed by atoms with van der Waals surface area (Å²) in [5.41, 5.74) is 2.53. The number of carboxylic acids is 1. The van der Waals surface area contributed by atoms with Gasteiger partial charge in [-0.25, -0.2) is 8.78 Å². The van der Waals surface area contributed by atoms with Crippen molar-refractivity contribution in [2.45, 2.75) is 26.4 Å². The summed E-state index contributed by atoms with van der Waals surface area (Å²) in [6.45, 7) is 4.02. The second-order valence-corrected chi connectivity index (χ2v) is 5.59. The van der Waals surface area contributed by atoms with E-state index in [9.17, 15) is 18.7 Å². The number of aromatic nitrogens is 2. The van der Waals surface area contributed by atoms with Gasteiger partial charge in [-0.05, 0) is 27.0 Å². The highest BCUT2D eigenvalue weighted by Gasteiger charge is 2.29. The first-order chi connectivity index (χ1) is 10.7. The molecule has 0 aliphatic rings.